The van der Waals surface area contributed by atoms with Gasteiger partial charge in [0.05, 0.1) is 0 Å². The van der Waals surface area contributed by atoms with Crippen LogP contribution in [0.15, 0.2) is 55.1 Å². The molecule has 142 valence electrons. The van der Waals surface area contributed by atoms with E-state index in [0.29, 0.717) is 5.03 Å². The normalized spacial score (nSPS) is 10.6. The van der Waals surface area contributed by atoms with Crippen LogP contribution < -0.4 is 0 Å². The highest BCUT2D eigenvalue weighted by atomic mass is 35.5. The maximum absolute atomic E-state index is 6.12. The Morgan fingerprint density at radius 2 is 1.56 bits per heavy atom. The van der Waals surface area contributed by atoms with Crippen molar-refractivity contribution in [2.45, 2.75) is 53.4 Å². The van der Waals surface area contributed by atoms with Crippen molar-refractivity contribution < 1.29 is 0 Å². The first-order valence-corrected chi connectivity index (χ1v) is 10.2. The van der Waals surface area contributed by atoms with Crippen LogP contribution in [0, 0.1) is 6.92 Å². The van der Waals surface area contributed by atoms with Gasteiger partial charge in [-0.1, -0.05) is 86.7 Å². The van der Waals surface area contributed by atoms with Crippen LogP contribution in [0.25, 0.3) is 16.7 Å². The Bertz CT molecular complexity index is 862. The Morgan fingerprint density at radius 1 is 0.963 bits per heavy atom. The molecule has 0 aliphatic heterocycles. The summed E-state index contributed by atoms with van der Waals surface area (Å²) in [6.45, 7) is 16.7. The summed E-state index contributed by atoms with van der Waals surface area (Å²) in [6, 6.07) is 13.3. The van der Waals surface area contributed by atoms with Gasteiger partial charge in [-0.25, -0.2) is 0 Å². The zero-order valence-electron chi connectivity index (χ0n) is 17.2. The number of allylic oxidation sites excluding steroid dienone is 2. The molecule has 0 bridgehead atoms. The molecule has 0 radical (unpaired) electrons. The van der Waals surface area contributed by atoms with Crippen molar-refractivity contribution >= 4 is 28.3 Å². The summed E-state index contributed by atoms with van der Waals surface area (Å²) in [5, 5.41) is 0.609. The van der Waals surface area contributed by atoms with E-state index in [4.69, 9.17) is 11.6 Å². The van der Waals surface area contributed by atoms with Crippen LogP contribution in [0.5, 0.6) is 0 Å². The molecule has 2 aromatic carbocycles. The van der Waals surface area contributed by atoms with E-state index in [9.17, 15) is 0 Å². The van der Waals surface area contributed by atoms with Crippen molar-refractivity contribution in [2.24, 2.45) is 0 Å². The molecule has 0 spiro atoms. The predicted octanol–water partition coefficient (Wildman–Crippen LogP) is 8.23. The van der Waals surface area contributed by atoms with E-state index in [-0.39, 0.29) is 0 Å². The zero-order chi connectivity index (χ0) is 20.0. The molecule has 2 rings (SSSR count). The van der Waals surface area contributed by atoms with Gasteiger partial charge in [0.2, 0.25) is 0 Å². The number of aryl methyl sites for hydroxylation is 3. The predicted molar refractivity (Wildman–Crippen MR) is 123 cm³/mol. The molecule has 0 saturated carbocycles. The Balaban J connectivity index is 2.24. The van der Waals surface area contributed by atoms with Gasteiger partial charge in [0, 0.05) is 5.03 Å². The lowest BCUT2D eigenvalue weighted by molar-refractivity contribution is 0.956. The van der Waals surface area contributed by atoms with Crippen molar-refractivity contribution in [2.75, 3.05) is 0 Å². The van der Waals surface area contributed by atoms with Crippen LogP contribution in [-0.2, 0) is 12.8 Å². The van der Waals surface area contributed by atoms with Crippen molar-refractivity contribution in [3.8, 4) is 0 Å². The van der Waals surface area contributed by atoms with E-state index in [1.807, 2.05) is 6.08 Å². The van der Waals surface area contributed by atoms with E-state index >= 15 is 0 Å². The fourth-order valence-corrected chi connectivity index (χ4v) is 3.86. The molecule has 0 unspecified atom stereocenters. The number of benzene rings is 2. The minimum Gasteiger partial charge on any atom is -0.0984 e. The minimum atomic E-state index is 0.609. The standard InChI is InChI=1S/C26H31Cl/c1-7-23(8-2)19(5)25-15-14-21(16-24(25)9-3)12-13-22-11-10-18(4)26(17-22)20(6)27/h9-11,14-17H,3,6-8,12-13H2,1-2,4-5H3. The first-order chi connectivity index (χ1) is 12.9. The third-order valence-electron chi connectivity index (χ3n) is 5.42. The van der Waals surface area contributed by atoms with Crippen LogP contribution in [0.3, 0.4) is 0 Å². The average molecular weight is 379 g/mol. The fourth-order valence-electron chi connectivity index (χ4n) is 3.65. The van der Waals surface area contributed by atoms with Gasteiger partial charge in [-0.3, -0.25) is 0 Å². The molecule has 27 heavy (non-hydrogen) atoms. The van der Waals surface area contributed by atoms with E-state index in [0.717, 1.165) is 31.2 Å². The van der Waals surface area contributed by atoms with Gasteiger partial charge in [-0.05, 0) is 78.5 Å². The summed E-state index contributed by atoms with van der Waals surface area (Å²) in [4.78, 5) is 0. The average Bonchev–Trinajstić information content (AvgIpc) is 2.67. The lowest BCUT2D eigenvalue weighted by atomic mass is 9.91. The van der Waals surface area contributed by atoms with Crippen LogP contribution >= 0.6 is 11.6 Å². The van der Waals surface area contributed by atoms with Gasteiger partial charge in [-0.2, -0.15) is 0 Å². The molecular formula is C26H31Cl. The largest absolute Gasteiger partial charge is 0.0984 e. The summed E-state index contributed by atoms with van der Waals surface area (Å²) in [6.07, 6.45) is 6.16. The van der Waals surface area contributed by atoms with E-state index in [1.165, 1.54) is 39.0 Å². The highest BCUT2D eigenvalue weighted by molar-refractivity contribution is 6.48. The molecule has 0 atom stereocenters. The van der Waals surface area contributed by atoms with Gasteiger partial charge in [0.25, 0.3) is 0 Å². The van der Waals surface area contributed by atoms with Crippen LogP contribution in [0.2, 0.25) is 0 Å². The van der Waals surface area contributed by atoms with Crippen molar-refractivity contribution in [3.63, 3.8) is 0 Å². The molecule has 0 nitrogen and oxygen atoms in total. The van der Waals surface area contributed by atoms with Gasteiger partial charge in [0.1, 0.15) is 0 Å². The van der Waals surface area contributed by atoms with Crippen LogP contribution in [-0.4, -0.2) is 0 Å². The monoisotopic (exact) mass is 378 g/mol. The first-order valence-electron chi connectivity index (χ1n) is 9.79. The van der Waals surface area contributed by atoms with Gasteiger partial charge in [0.15, 0.2) is 0 Å². The highest BCUT2D eigenvalue weighted by Gasteiger charge is 2.08. The van der Waals surface area contributed by atoms with E-state index in [1.54, 1.807) is 0 Å². The third-order valence-corrected chi connectivity index (χ3v) is 5.62. The maximum Gasteiger partial charge on any atom is 0.0409 e. The molecule has 0 aliphatic rings. The molecule has 0 fully saturated rings. The molecule has 0 saturated heterocycles. The second-order valence-electron chi connectivity index (χ2n) is 7.12. The SMILES string of the molecule is C=Cc1cc(CCc2ccc(C)c(C(=C)Cl)c2)ccc1C(C)=C(CC)CC. The Labute approximate surface area is 170 Å². The Morgan fingerprint density at radius 3 is 2.11 bits per heavy atom. The van der Waals surface area contributed by atoms with Crippen molar-refractivity contribution in [1.29, 1.82) is 0 Å². The second kappa shape index (κ2) is 9.76. The second-order valence-corrected chi connectivity index (χ2v) is 7.57. The molecule has 0 N–H and O–H groups in total. The zero-order valence-corrected chi connectivity index (χ0v) is 17.9. The molecular weight excluding hydrogens is 348 g/mol. The lowest BCUT2D eigenvalue weighted by Gasteiger charge is -2.14. The molecule has 0 aromatic heterocycles. The smallest absolute Gasteiger partial charge is 0.0409 e. The summed E-state index contributed by atoms with van der Waals surface area (Å²) in [5.41, 5.74) is 10.3. The number of hydrogen-bond donors (Lipinski definition) is 0. The Hall–Kier alpha value is -2.05. The highest BCUT2D eigenvalue weighted by Crippen LogP contribution is 2.28. The third kappa shape index (κ3) is 5.23. The summed E-state index contributed by atoms with van der Waals surface area (Å²) >= 11 is 6.12. The van der Waals surface area contributed by atoms with Crippen LogP contribution in [0.1, 0.15) is 67.0 Å². The van der Waals surface area contributed by atoms with Gasteiger partial charge in [-0.15, -0.1) is 0 Å². The number of hydrogen-bond acceptors (Lipinski definition) is 0. The maximum atomic E-state index is 6.12. The topological polar surface area (TPSA) is 0 Å². The van der Waals surface area contributed by atoms with E-state index in [2.05, 4.69) is 77.3 Å². The summed E-state index contributed by atoms with van der Waals surface area (Å²) < 4.78 is 0. The van der Waals surface area contributed by atoms with Crippen LogP contribution in [0.4, 0.5) is 0 Å². The molecule has 0 aliphatic carbocycles. The van der Waals surface area contributed by atoms with Gasteiger partial charge < -0.3 is 0 Å². The molecule has 0 amide bonds. The summed E-state index contributed by atoms with van der Waals surface area (Å²) in [7, 11) is 0. The quantitative estimate of drug-likeness (QED) is 0.434. The molecule has 0 heterocycles. The molecule has 2 aromatic rings. The Kier molecular flexibility index (Phi) is 7.68. The number of rotatable bonds is 8. The summed E-state index contributed by atoms with van der Waals surface area (Å²) in [5.74, 6) is 0. The lowest BCUT2D eigenvalue weighted by Crippen LogP contribution is -1.97. The van der Waals surface area contributed by atoms with Crippen molar-refractivity contribution in [1.82, 2.24) is 0 Å². The first kappa shape index (κ1) is 21.3. The van der Waals surface area contributed by atoms with Gasteiger partial charge >= 0.3 is 0 Å². The fraction of sp³-hybridized carbons (Fsp3) is 0.308. The van der Waals surface area contributed by atoms with Crippen molar-refractivity contribution in [3.05, 3.63) is 88.5 Å². The molecule has 1 heteroatoms. The van der Waals surface area contributed by atoms with E-state index < -0.39 is 0 Å². The minimum absolute atomic E-state index is 0.609. The number of halogens is 1.